The van der Waals surface area contributed by atoms with Gasteiger partial charge in [0.15, 0.2) is 17.3 Å². The van der Waals surface area contributed by atoms with Crippen molar-refractivity contribution in [3.8, 4) is 28.7 Å². The van der Waals surface area contributed by atoms with E-state index in [2.05, 4.69) is 5.10 Å². The molecule has 10 heteroatoms. The van der Waals surface area contributed by atoms with Crippen LogP contribution in [0.4, 0.5) is 0 Å². The highest BCUT2D eigenvalue weighted by molar-refractivity contribution is 6.03. The molecule has 194 valence electrons. The molecule has 0 bridgehead atoms. The van der Waals surface area contributed by atoms with Crippen LogP contribution in [0, 0.1) is 0 Å². The van der Waals surface area contributed by atoms with Crippen LogP contribution in [0.15, 0.2) is 87.3 Å². The predicted octanol–water partition coefficient (Wildman–Crippen LogP) is 3.91. The normalized spacial score (nSPS) is 14.8. The summed E-state index contributed by atoms with van der Waals surface area (Å²) in [5.74, 6) is 1.95. The summed E-state index contributed by atoms with van der Waals surface area (Å²) in [5, 5.41) is 10.4. The third kappa shape index (κ3) is 4.88. The molecule has 2 aromatic carbocycles. The number of carbonyl (C=O) groups is 1. The van der Waals surface area contributed by atoms with Gasteiger partial charge < -0.3 is 18.6 Å². The van der Waals surface area contributed by atoms with Gasteiger partial charge in [-0.25, -0.2) is 9.69 Å². The molecule has 1 amide bonds. The van der Waals surface area contributed by atoms with Gasteiger partial charge in [-0.05, 0) is 65.7 Å². The topological polar surface area (TPSA) is 108 Å². The molecule has 0 spiro atoms. The molecule has 1 aliphatic heterocycles. The Bertz CT molecular complexity index is 1530. The SMILES string of the molecule is COc1ccc(C2=NN(C(=O)Cn3nc(-c4ccco4)ccc3=O)C(c3ccc(OC)c(OC)c3)C2)cc1. The number of hydrogen-bond acceptors (Lipinski definition) is 8. The van der Waals surface area contributed by atoms with Gasteiger partial charge in [-0.15, -0.1) is 0 Å². The Morgan fingerprint density at radius 1 is 0.974 bits per heavy atom. The summed E-state index contributed by atoms with van der Waals surface area (Å²) in [4.78, 5) is 26.2. The molecule has 0 fully saturated rings. The van der Waals surface area contributed by atoms with Crippen molar-refractivity contribution in [3.05, 3.63) is 94.5 Å². The largest absolute Gasteiger partial charge is 0.497 e. The van der Waals surface area contributed by atoms with Gasteiger partial charge in [0.05, 0.1) is 39.3 Å². The van der Waals surface area contributed by atoms with E-state index in [0.29, 0.717) is 29.4 Å². The second-order valence-corrected chi connectivity index (χ2v) is 8.54. The van der Waals surface area contributed by atoms with Crippen molar-refractivity contribution < 1.29 is 23.4 Å². The number of aromatic nitrogens is 2. The number of ether oxygens (including phenoxy) is 3. The highest BCUT2D eigenvalue weighted by Crippen LogP contribution is 2.37. The van der Waals surface area contributed by atoms with Crippen molar-refractivity contribution in [2.24, 2.45) is 5.10 Å². The summed E-state index contributed by atoms with van der Waals surface area (Å²) >= 11 is 0. The molecule has 10 nitrogen and oxygen atoms in total. The molecule has 2 aromatic heterocycles. The first-order chi connectivity index (χ1) is 18.5. The lowest BCUT2D eigenvalue weighted by Gasteiger charge is -2.23. The van der Waals surface area contributed by atoms with Crippen LogP contribution in [0.5, 0.6) is 17.2 Å². The minimum Gasteiger partial charge on any atom is -0.497 e. The first kappa shape index (κ1) is 24.8. The number of benzene rings is 2. The number of amides is 1. The smallest absolute Gasteiger partial charge is 0.267 e. The summed E-state index contributed by atoms with van der Waals surface area (Å²) in [6.45, 7) is -0.295. The first-order valence-electron chi connectivity index (χ1n) is 11.9. The zero-order valence-electron chi connectivity index (χ0n) is 21.2. The van der Waals surface area contributed by atoms with Crippen LogP contribution in [0.1, 0.15) is 23.6 Å². The summed E-state index contributed by atoms with van der Waals surface area (Å²) in [7, 11) is 4.73. The maximum absolute atomic E-state index is 13.6. The third-order valence-electron chi connectivity index (χ3n) is 6.31. The van der Waals surface area contributed by atoms with Crippen molar-refractivity contribution in [2.75, 3.05) is 21.3 Å². The van der Waals surface area contributed by atoms with Crippen molar-refractivity contribution in [3.63, 3.8) is 0 Å². The van der Waals surface area contributed by atoms with E-state index in [0.717, 1.165) is 27.3 Å². The Hall–Kier alpha value is -4.86. The van der Waals surface area contributed by atoms with Gasteiger partial charge in [0.1, 0.15) is 18.0 Å². The van der Waals surface area contributed by atoms with E-state index in [1.54, 1.807) is 45.6 Å². The molecule has 4 aromatic rings. The molecule has 1 atom stereocenters. The monoisotopic (exact) mass is 514 g/mol. The average molecular weight is 515 g/mol. The minimum absolute atomic E-state index is 0.295. The van der Waals surface area contributed by atoms with Crippen molar-refractivity contribution >= 4 is 11.6 Å². The number of rotatable bonds is 8. The van der Waals surface area contributed by atoms with Gasteiger partial charge in [0.2, 0.25) is 0 Å². The lowest BCUT2D eigenvalue weighted by molar-refractivity contribution is -0.133. The van der Waals surface area contributed by atoms with E-state index in [1.165, 1.54) is 17.3 Å². The van der Waals surface area contributed by atoms with Gasteiger partial charge in [0.25, 0.3) is 11.5 Å². The first-order valence-corrected chi connectivity index (χ1v) is 11.9. The Labute approximate surface area is 218 Å². The molecular formula is C28H26N4O6. The lowest BCUT2D eigenvalue weighted by Crippen LogP contribution is -2.35. The predicted molar refractivity (Wildman–Crippen MR) is 139 cm³/mol. The molecule has 0 radical (unpaired) electrons. The van der Waals surface area contributed by atoms with Crippen LogP contribution in [-0.2, 0) is 11.3 Å². The zero-order chi connectivity index (χ0) is 26.6. The second-order valence-electron chi connectivity index (χ2n) is 8.54. The van der Waals surface area contributed by atoms with Gasteiger partial charge in [-0.2, -0.15) is 10.2 Å². The Balaban J connectivity index is 1.49. The Morgan fingerprint density at radius 2 is 1.76 bits per heavy atom. The molecule has 0 saturated carbocycles. The molecule has 3 heterocycles. The van der Waals surface area contributed by atoms with E-state index >= 15 is 0 Å². The number of nitrogens with zero attached hydrogens (tertiary/aromatic N) is 4. The molecule has 38 heavy (non-hydrogen) atoms. The highest BCUT2D eigenvalue weighted by Gasteiger charge is 2.34. The fourth-order valence-corrected chi connectivity index (χ4v) is 4.34. The molecule has 5 rings (SSSR count). The van der Waals surface area contributed by atoms with Crippen LogP contribution in [0.2, 0.25) is 0 Å². The molecule has 1 unspecified atom stereocenters. The zero-order valence-corrected chi connectivity index (χ0v) is 21.2. The second kappa shape index (κ2) is 10.6. The van der Waals surface area contributed by atoms with Gasteiger partial charge in [0, 0.05) is 12.5 Å². The van der Waals surface area contributed by atoms with Crippen LogP contribution in [0.25, 0.3) is 11.5 Å². The molecule has 0 saturated heterocycles. The number of furan rings is 1. The maximum Gasteiger partial charge on any atom is 0.267 e. The molecular weight excluding hydrogens is 488 g/mol. The van der Waals surface area contributed by atoms with E-state index in [4.69, 9.17) is 23.7 Å². The van der Waals surface area contributed by atoms with E-state index in [1.807, 2.05) is 36.4 Å². The number of hydrogen-bond donors (Lipinski definition) is 0. The summed E-state index contributed by atoms with van der Waals surface area (Å²) in [6, 6.07) is 18.9. The van der Waals surface area contributed by atoms with Gasteiger partial charge in [-0.3, -0.25) is 9.59 Å². The van der Waals surface area contributed by atoms with Crippen LogP contribution < -0.4 is 19.8 Å². The van der Waals surface area contributed by atoms with Crippen molar-refractivity contribution in [2.45, 2.75) is 19.0 Å². The summed E-state index contributed by atoms with van der Waals surface area (Å²) < 4.78 is 22.6. The highest BCUT2D eigenvalue weighted by atomic mass is 16.5. The fraction of sp³-hybridized carbons (Fsp3) is 0.214. The maximum atomic E-state index is 13.6. The standard InChI is InChI=1S/C28H26N4O6/c1-35-20-9-6-18(7-10-20)22-16-23(19-8-12-25(36-2)26(15-19)37-3)32(30-22)28(34)17-31-27(33)13-11-21(29-31)24-5-4-14-38-24/h4-15,23H,16-17H2,1-3H3. The van der Waals surface area contributed by atoms with Gasteiger partial charge >= 0.3 is 0 Å². The number of carbonyl (C=O) groups excluding carboxylic acids is 1. The molecule has 1 aliphatic rings. The van der Waals surface area contributed by atoms with Crippen LogP contribution in [0.3, 0.4) is 0 Å². The summed E-state index contributed by atoms with van der Waals surface area (Å²) in [5.41, 5.74) is 2.44. The molecule has 0 N–H and O–H groups in total. The third-order valence-corrected chi connectivity index (χ3v) is 6.31. The molecule has 0 aliphatic carbocycles. The van der Waals surface area contributed by atoms with E-state index in [9.17, 15) is 9.59 Å². The van der Waals surface area contributed by atoms with E-state index in [-0.39, 0.29) is 12.5 Å². The van der Waals surface area contributed by atoms with E-state index < -0.39 is 11.6 Å². The lowest BCUT2D eigenvalue weighted by atomic mass is 9.98. The number of hydrazone groups is 1. The van der Waals surface area contributed by atoms with Crippen LogP contribution >= 0.6 is 0 Å². The average Bonchev–Trinajstić information content (AvgIpc) is 3.65. The van der Waals surface area contributed by atoms with Gasteiger partial charge in [-0.1, -0.05) is 6.07 Å². The van der Waals surface area contributed by atoms with Crippen molar-refractivity contribution in [1.29, 1.82) is 0 Å². The Morgan fingerprint density at radius 3 is 2.45 bits per heavy atom. The quantitative estimate of drug-likeness (QED) is 0.351. The van der Waals surface area contributed by atoms with Crippen molar-refractivity contribution in [1.82, 2.24) is 14.8 Å². The Kier molecular flexibility index (Phi) is 6.94. The number of methoxy groups -OCH3 is 3. The minimum atomic E-state index is -0.427. The fourth-order valence-electron chi connectivity index (χ4n) is 4.34. The summed E-state index contributed by atoms with van der Waals surface area (Å²) in [6.07, 6.45) is 1.98. The van der Waals surface area contributed by atoms with Crippen LogP contribution in [-0.4, -0.2) is 47.7 Å².